The summed E-state index contributed by atoms with van der Waals surface area (Å²) < 4.78 is 13.6. The van der Waals surface area contributed by atoms with Crippen LogP contribution < -0.4 is 11.3 Å². The standard InChI is InChI=1S/C15H23FN2S/c1-11-6-8-12(9-7-11)14(18-17)10-19-15-5-3-2-4-13(15)16/h2-5,11-12,14,18H,6-10,17H2,1H3. The average Bonchev–Trinajstić information content (AvgIpc) is 2.43. The van der Waals surface area contributed by atoms with Gasteiger partial charge in [-0.15, -0.1) is 11.8 Å². The Morgan fingerprint density at radius 1 is 1.32 bits per heavy atom. The first-order valence-electron chi connectivity index (χ1n) is 7.04. The third kappa shape index (κ3) is 4.20. The van der Waals surface area contributed by atoms with E-state index in [1.165, 1.54) is 31.7 Å². The zero-order chi connectivity index (χ0) is 13.7. The Bertz CT molecular complexity index is 391. The van der Waals surface area contributed by atoms with Crippen LogP contribution in [0.2, 0.25) is 0 Å². The van der Waals surface area contributed by atoms with Gasteiger partial charge in [-0.25, -0.2) is 4.39 Å². The van der Waals surface area contributed by atoms with Crippen molar-refractivity contribution < 1.29 is 4.39 Å². The fourth-order valence-electron chi connectivity index (χ4n) is 2.75. The zero-order valence-corrected chi connectivity index (χ0v) is 12.3. The highest BCUT2D eigenvalue weighted by Gasteiger charge is 2.25. The number of halogens is 1. The van der Waals surface area contributed by atoms with Crippen LogP contribution in [0.1, 0.15) is 32.6 Å². The lowest BCUT2D eigenvalue weighted by molar-refractivity contribution is 0.243. The molecule has 1 aliphatic carbocycles. The van der Waals surface area contributed by atoms with Gasteiger partial charge in [0, 0.05) is 16.7 Å². The van der Waals surface area contributed by atoms with Gasteiger partial charge in [-0.05, 0) is 36.8 Å². The SMILES string of the molecule is CC1CCC(C(CSc2ccccc2F)NN)CC1. The lowest BCUT2D eigenvalue weighted by Crippen LogP contribution is -2.43. The van der Waals surface area contributed by atoms with E-state index in [4.69, 9.17) is 5.84 Å². The van der Waals surface area contributed by atoms with E-state index in [0.717, 1.165) is 11.7 Å². The molecular weight excluding hydrogens is 259 g/mol. The maximum absolute atomic E-state index is 13.6. The minimum atomic E-state index is -0.138. The number of hydrogen-bond acceptors (Lipinski definition) is 3. The molecule has 1 aliphatic rings. The summed E-state index contributed by atoms with van der Waals surface area (Å²) >= 11 is 1.56. The normalized spacial score (nSPS) is 25.2. The van der Waals surface area contributed by atoms with E-state index in [0.29, 0.717) is 10.8 Å². The van der Waals surface area contributed by atoms with Crippen LogP contribution in [0.25, 0.3) is 0 Å². The second-order valence-electron chi connectivity index (χ2n) is 5.53. The van der Waals surface area contributed by atoms with Gasteiger partial charge < -0.3 is 0 Å². The molecule has 1 aromatic carbocycles. The van der Waals surface area contributed by atoms with Crippen LogP contribution in [-0.2, 0) is 0 Å². The van der Waals surface area contributed by atoms with E-state index in [9.17, 15) is 4.39 Å². The van der Waals surface area contributed by atoms with Crippen LogP contribution >= 0.6 is 11.8 Å². The van der Waals surface area contributed by atoms with Crippen molar-refractivity contribution >= 4 is 11.8 Å². The Kier molecular flexibility index (Phi) is 5.67. The van der Waals surface area contributed by atoms with Gasteiger partial charge in [0.25, 0.3) is 0 Å². The number of benzene rings is 1. The maximum Gasteiger partial charge on any atom is 0.136 e. The van der Waals surface area contributed by atoms with Crippen LogP contribution in [0.3, 0.4) is 0 Å². The fraction of sp³-hybridized carbons (Fsp3) is 0.600. The summed E-state index contributed by atoms with van der Waals surface area (Å²) in [6, 6.07) is 7.21. The smallest absolute Gasteiger partial charge is 0.136 e. The van der Waals surface area contributed by atoms with Crippen molar-refractivity contribution in [2.24, 2.45) is 17.7 Å². The largest absolute Gasteiger partial charge is 0.271 e. The first kappa shape index (κ1) is 14.8. The first-order valence-corrected chi connectivity index (χ1v) is 8.02. The molecule has 106 valence electrons. The monoisotopic (exact) mass is 282 g/mol. The second kappa shape index (κ2) is 7.27. The summed E-state index contributed by atoms with van der Waals surface area (Å²) in [4.78, 5) is 0.715. The third-order valence-electron chi connectivity index (χ3n) is 4.10. The molecule has 1 saturated carbocycles. The van der Waals surface area contributed by atoms with Crippen molar-refractivity contribution in [3.63, 3.8) is 0 Å². The predicted octanol–water partition coefficient (Wildman–Crippen LogP) is 3.58. The van der Waals surface area contributed by atoms with Crippen molar-refractivity contribution in [2.45, 2.75) is 43.5 Å². The van der Waals surface area contributed by atoms with Crippen LogP contribution in [0.5, 0.6) is 0 Å². The summed E-state index contributed by atoms with van der Waals surface area (Å²) in [7, 11) is 0. The molecule has 19 heavy (non-hydrogen) atoms. The Morgan fingerprint density at radius 3 is 2.63 bits per heavy atom. The molecule has 2 rings (SSSR count). The molecule has 1 unspecified atom stereocenters. The van der Waals surface area contributed by atoms with Crippen molar-refractivity contribution in [1.82, 2.24) is 5.43 Å². The number of hydrazine groups is 1. The molecule has 0 aliphatic heterocycles. The van der Waals surface area contributed by atoms with Gasteiger partial charge in [-0.2, -0.15) is 0 Å². The minimum Gasteiger partial charge on any atom is -0.271 e. The van der Waals surface area contributed by atoms with Gasteiger partial charge in [0.2, 0.25) is 0 Å². The van der Waals surface area contributed by atoms with Gasteiger partial charge >= 0.3 is 0 Å². The number of rotatable bonds is 5. The summed E-state index contributed by atoms with van der Waals surface area (Å²) in [6.07, 6.45) is 5.03. The van der Waals surface area contributed by atoms with Crippen LogP contribution in [0.4, 0.5) is 4.39 Å². The Balaban J connectivity index is 1.87. The van der Waals surface area contributed by atoms with E-state index < -0.39 is 0 Å². The Labute approximate surface area is 119 Å². The highest BCUT2D eigenvalue weighted by molar-refractivity contribution is 7.99. The van der Waals surface area contributed by atoms with Gasteiger partial charge in [-0.1, -0.05) is 31.9 Å². The molecule has 3 N–H and O–H groups in total. The lowest BCUT2D eigenvalue weighted by atomic mass is 9.80. The number of thioether (sulfide) groups is 1. The molecule has 0 heterocycles. The number of hydrogen-bond donors (Lipinski definition) is 2. The highest BCUT2D eigenvalue weighted by Crippen LogP contribution is 2.32. The minimum absolute atomic E-state index is 0.138. The topological polar surface area (TPSA) is 38.0 Å². The van der Waals surface area contributed by atoms with Gasteiger partial charge in [0.15, 0.2) is 0 Å². The first-order chi connectivity index (χ1) is 9.20. The van der Waals surface area contributed by atoms with Gasteiger partial charge in [0.1, 0.15) is 5.82 Å². The quantitative estimate of drug-likeness (QED) is 0.492. The summed E-state index contributed by atoms with van der Waals surface area (Å²) in [5, 5.41) is 0. The molecule has 0 amide bonds. The molecule has 2 nitrogen and oxygen atoms in total. The van der Waals surface area contributed by atoms with E-state index in [2.05, 4.69) is 12.3 Å². The van der Waals surface area contributed by atoms with Crippen molar-refractivity contribution in [3.05, 3.63) is 30.1 Å². The molecule has 0 saturated heterocycles. The predicted molar refractivity (Wildman–Crippen MR) is 79.4 cm³/mol. The summed E-state index contributed by atoms with van der Waals surface area (Å²) in [5.41, 5.74) is 2.93. The Morgan fingerprint density at radius 2 is 2.00 bits per heavy atom. The lowest BCUT2D eigenvalue weighted by Gasteiger charge is -2.32. The van der Waals surface area contributed by atoms with E-state index in [1.54, 1.807) is 17.8 Å². The zero-order valence-electron chi connectivity index (χ0n) is 11.4. The van der Waals surface area contributed by atoms with E-state index in [-0.39, 0.29) is 11.9 Å². The van der Waals surface area contributed by atoms with E-state index in [1.807, 2.05) is 12.1 Å². The maximum atomic E-state index is 13.6. The molecule has 1 atom stereocenters. The van der Waals surface area contributed by atoms with Gasteiger partial charge in [0.05, 0.1) is 0 Å². The average molecular weight is 282 g/mol. The second-order valence-corrected chi connectivity index (χ2v) is 6.60. The molecule has 0 radical (unpaired) electrons. The van der Waals surface area contributed by atoms with Gasteiger partial charge in [-0.3, -0.25) is 11.3 Å². The number of nitrogens with two attached hydrogens (primary N) is 1. The summed E-state index contributed by atoms with van der Waals surface area (Å²) in [5.74, 6) is 7.84. The molecule has 4 heteroatoms. The molecule has 0 spiro atoms. The molecular formula is C15H23FN2S. The van der Waals surface area contributed by atoms with Crippen molar-refractivity contribution in [2.75, 3.05) is 5.75 Å². The van der Waals surface area contributed by atoms with Crippen LogP contribution in [0.15, 0.2) is 29.2 Å². The molecule has 1 aromatic rings. The Hall–Kier alpha value is -0.580. The molecule has 0 aromatic heterocycles. The van der Waals surface area contributed by atoms with Crippen molar-refractivity contribution in [3.8, 4) is 0 Å². The third-order valence-corrected chi connectivity index (χ3v) is 5.27. The van der Waals surface area contributed by atoms with E-state index >= 15 is 0 Å². The van der Waals surface area contributed by atoms with Crippen molar-refractivity contribution in [1.29, 1.82) is 0 Å². The van der Waals surface area contributed by atoms with Crippen LogP contribution in [0, 0.1) is 17.7 Å². The summed E-state index contributed by atoms with van der Waals surface area (Å²) in [6.45, 7) is 2.31. The number of nitrogens with one attached hydrogen (secondary N) is 1. The fourth-order valence-corrected chi connectivity index (χ4v) is 3.86. The molecule has 0 bridgehead atoms. The highest BCUT2D eigenvalue weighted by atomic mass is 32.2. The van der Waals surface area contributed by atoms with Crippen LogP contribution in [-0.4, -0.2) is 11.8 Å². The molecule has 1 fully saturated rings.